The fourth-order valence-electron chi connectivity index (χ4n) is 2.45. The van der Waals surface area contributed by atoms with Crippen molar-refractivity contribution in [3.8, 4) is 0 Å². The number of anilines is 1. The highest BCUT2D eigenvalue weighted by molar-refractivity contribution is 9.10. The molecule has 1 aliphatic heterocycles. The van der Waals surface area contributed by atoms with Gasteiger partial charge in [0.2, 0.25) is 5.91 Å². The topological polar surface area (TPSA) is 29.1 Å². The van der Waals surface area contributed by atoms with Gasteiger partial charge in [0.25, 0.3) is 0 Å². The molecule has 0 saturated carbocycles. The van der Waals surface area contributed by atoms with Gasteiger partial charge >= 0.3 is 0 Å². The number of hydrogen-bond acceptors (Lipinski definition) is 1. The van der Waals surface area contributed by atoms with Crippen molar-refractivity contribution in [3.63, 3.8) is 0 Å². The second-order valence-corrected chi connectivity index (χ2v) is 6.35. The minimum Gasteiger partial charge on any atom is -0.326 e. The summed E-state index contributed by atoms with van der Waals surface area (Å²) in [6.07, 6.45) is 1.15. The van der Waals surface area contributed by atoms with Crippen LogP contribution in [-0.4, -0.2) is 5.91 Å². The fraction of sp³-hybridized carbons (Fsp3) is 0.188. The van der Waals surface area contributed by atoms with E-state index in [-0.39, 0.29) is 11.7 Å². The maximum absolute atomic E-state index is 14.0. The molecule has 2 aromatic rings. The zero-order chi connectivity index (χ0) is 15.0. The molecule has 0 saturated heterocycles. The number of amides is 1. The quantitative estimate of drug-likeness (QED) is 0.758. The highest BCUT2D eigenvalue weighted by atomic mass is 79.9. The summed E-state index contributed by atoms with van der Waals surface area (Å²) in [6.45, 7) is 0. The lowest BCUT2D eigenvalue weighted by Crippen LogP contribution is -2.19. The summed E-state index contributed by atoms with van der Waals surface area (Å²) in [5.74, 6) is -0.313. The number of halogens is 3. The first-order valence-corrected chi connectivity index (χ1v) is 7.79. The van der Waals surface area contributed by atoms with Crippen LogP contribution in [0.15, 0.2) is 40.9 Å². The molecule has 108 valence electrons. The van der Waals surface area contributed by atoms with Crippen molar-refractivity contribution >= 4 is 39.1 Å². The molecule has 2 aromatic carbocycles. The van der Waals surface area contributed by atoms with Crippen LogP contribution in [0.4, 0.5) is 10.1 Å². The number of alkyl halides is 1. The molecule has 1 heterocycles. The number of benzene rings is 2. The van der Waals surface area contributed by atoms with Gasteiger partial charge in [0.15, 0.2) is 0 Å². The summed E-state index contributed by atoms with van der Waals surface area (Å²) in [7, 11) is 0. The number of hydrogen-bond donors (Lipinski definition) is 1. The molecule has 3 rings (SSSR count). The Kier molecular flexibility index (Phi) is 4.00. The maximum Gasteiger partial charge on any atom is 0.224 e. The van der Waals surface area contributed by atoms with Crippen LogP contribution in [-0.2, 0) is 11.2 Å². The Morgan fingerprint density at radius 1 is 1.19 bits per heavy atom. The first kappa shape index (κ1) is 14.5. The maximum atomic E-state index is 14.0. The molecule has 1 N–H and O–H groups in total. The van der Waals surface area contributed by atoms with Crippen LogP contribution < -0.4 is 5.32 Å². The highest BCUT2D eigenvalue weighted by Crippen LogP contribution is 2.34. The van der Waals surface area contributed by atoms with Gasteiger partial charge in [0.1, 0.15) is 5.82 Å². The molecule has 0 bridgehead atoms. The van der Waals surface area contributed by atoms with E-state index >= 15 is 0 Å². The number of carbonyl (C=O) groups excluding carboxylic acids is 1. The molecule has 0 spiro atoms. The molecule has 0 aromatic heterocycles. The van der Waals surface area contributed by atoms with Gasteiger partial charge in [-0.15, -0.1) is 11.6 Å². The van der Waals surface area contributed by atoms with Gasteiger partial charge in [-0.05, 0) is 35.7 Å². The average Bonchev–Trinajstić information content (AvgIpc) is 2.46. The van der Waals surface area contributed by atoms with Crippen LogP contribution in [0.3, 0.4) is 0 Å². The van der Waals surface area contributed by atoms with Crippen molar-refractivity contribution in [3.05, 3.63) is 63.4 Å². The molecular formula is C16H12BrClFNO. The molecule has 21 heavy (non-hydrogen) atoms. The molecule has 1 amide bonds. The van der Waals surface area contributed by atoms with E-state index in [2.05, 4.69) is 21.2 Å². The molecular weight excluding hydrogens is 357 g/mol. The summed E-state index contributed by atoms with van der Waals surface area (Å²) in [4.78, 5) is 11.4. The molecule has 1 atom stereocenters. The van der Waals surface area contributed by atoms with Crippen LogP contribution in [0.25, 0.3) is 0 Å². The Morgan fingerprint density at radius 2 is 2.00 bits per heavy atom. The molecule has 2 nitrogen and oxygen atoms in total. The van der Waals surface area contributed by atoms with Crippen LogP contribution in [0, 0.1) is 5.82 Å². The van der Waals surface area contributed by atoms with E-state index in [1.54, 1.807) is 12.1 Å². The molecule has 1 aliphatic rings. The second kappa shape index (κ2) is 5.78. The summed E-state index contributed by atoms with van der Waals surface area (Å²) in [5.41, 5.74) is 3.12. The van der Waals surface area contributed by atoms with Gasteiger partial charge in [-0.3, -0.25) is 4.79 Å². The van der Waals surface area contributed by atoms with Crippen molar-refractivity contribution in [2.75, 3.05) is 5.32 Å². The number of aryl methyl sites for hydroxylation is 1. The van der Waals surface area contributed by atoms with Crippen LogP contribution in [0.5, 0.6) is 0 Å². The molecule has 0 radical (unpaired) electrons. The third-order valence-electron chi connectivity index (χ3n) is 3.55. The summed E-state index contributed by atoms with van der Waals surface area (Å²) >= 11 is 9.65. The highest BCUT2D eigenvalue weighted by Gasteiger charge is 2.19. The van der Waals surface area contributed by atoms with Gasteiger partial charge < -0.3 is 5.32 Å². The standard InChI is InChI=1S/C16H12BrClFNO/c17-11-3-4-12(13(19)8-11)16(18)10-1-5-14-9(7-10)2-6-15(21)20-14/h1,3-5,7-8,16H,2,6H2,(H,20,21). The minimum absolute atomic E-state index is 0.0247. The van der Waals surface area contributed by atoms with Gasteiger partial charge in [-0.1, -0.05) is 34.1 Å². The molecule has 1 unspecified atom stereocenters. The Labute approximate surface area is 135 Å². The van der Waals surface area contributed by atoms with E-state index in [9.17, 15) is 9.18 Å². The Morgan fingerprint density at radius 3 is 2.76 bits per heavy atom. The number of nitrogens with one attached hydrogen (secondary N) is 1. The van der Waals surface area contributed by atoms with Gasteiger partial charge in [-0.2, -0.15) is 0 Å². The largest absolute Gasteiger partial charge is 0.326 e. The lowest BCUT2D eigenvalue weighted by molar-refractivity contribution is -0.116. The van der Waals surface area contributed by atoms with Crippen LogP contribution in [0.1, 0.15) is 28.5 Å². The number of rotatable bonds is 2. The molecule has 0 fully saturated rings. The smallest absolute Gasteiger partial charge is 0.224 e. The van der Waals surface area contributed by atoms with Crippen LogP contribution >= 0.6 is 27.5 Å². The molecule has 0 aliphatic carbocycles. The Bertz CT molecular complexity index is 719. The molecule has 5 heteroatoms. The fourth-order valence-corrected chi connectivity index (χ4v) is 3.09. The lowest BCUT2D eigenvalue weighted by Gasteiger charge is -2.19. The van der Waals surface area contributed by atoms with Crippen molar-refractivity contribution in [2.24, 2.45) is 0 Å². The third kappa shape index (κ3) is 2.97. The van der Waals surface area contributed by atoms with E-state index in [4.69, 9.17) is 11.6 Å². The van der Waals surface area contributed by atoms with Crippen molar-refractivity contribution in [1.29, 1.82) is 0 Å². The van der Waals surface area contributed by atoms with Gasteiger partial charge in [0.05, 0.1) is 5.38 Å². The third-order valence-corrected chi connectivity index (χ3v) is 4.53. The SMILES string of the molecule is O=C1CCc2cc(C(Cl)c3ccc(Br)cc3F)ccc2N1. The second-order valence-electron chi connectivity index (χ2n) is 4.99. The van der Waals surface area contributed by atoms with Gasteiger partial charge in [-0.25, -0.2) is 4.39 Å². The van der Waals surface area contributed by atoms with Gasteiger partial charge in [0, 0.05) is 22.1 Å². The van der Waals surface area contributed by atoms with Crippen molar-refractivity contribution in [2.45, 2.75) is 18.2 Å². The lowest BCUT2D eigenvalue weighted by atomic mass is 9.96. The first-order chi connectivity index (χ1) is 10.0. The summed E-state index contributed by atoms with van der Waals surface area (Å²) in [5, 5.41) is 2.27. The summed E-state index contributed by atoms with van der Waals surface area (Å²) < 4.78 is 14.7. The average molecular weight is 369 g/mol. The number of fused-ring (bicyclic) bond motifs is 1. The van der Waals surface area contributed by atoms with Crippen molar-refractivity contribution < 1.29 is 9.18 Å². The monoisotopic (exact) mass is 367 g/mol. The summed E-state index contributed by atoms with van der Waals surface area (Å²) in [6, 6.07) is 10.4. The zero-order valence-electron chi connectivity index (χ0n) is 11.0. The van der Waals surface area contributed by atoms with Crippen molar-refractivity contribution in [1.82, 2.24) is 0 Å². The predicted octanol–water partition coefficient (Wildman–Crippen LogP) is 4.80. The van der Waals surface area contributed by atoms with E-state index in [0.717, 1.165) is 16.8 Å². The first-order valence-electron chi connectivity index (χ1n) is 6.56. The zero-order valence-corrected chi connectivity index (χ0v) is 13.3. The van der Waals surface area contributed by atoms with Crippen LogP contribution in [0.2, 0.25) is 0 Å². The predicted molar refractivity (Wildman–Crippen MR) is 85.2 cm³/mol. The number of carbonyl (C=O) groups is 1. The normalized spacial score (nSPS) is 15.3. The van der Waals surface area contributed by atoms with E-state index in [1.807, 2.05) is 18.2 Å². The Balaban J connectivity index is 1.95. The minimum atomic E-state index is -0.555. The van der Waals surface area contributed by atoms with E-state index in [1.165, 1.54) is 6.07 Å². The van der Waals surface area contributed by atoms with E-state index < -0.39 is 5.38 Å². The Hall–Kier alpha value is -1.39. The van der Waals surface area contributed by atoms with E-state index in [0.29, 0.717) is 22.9 Å².